The van der Waals surface area contributed by atoms with Gasteiger partial charge in [-0.25, -0.2) is 0 Å². The van der Waals surface area contributed by atoms with Crippen molar-refractivity contribution in [2.24, 2.45) is 5.92 Å². The number of esters is 1. The first-order valence-electron chi connectivity index (χ1n) is 5.77. The third-order valence-corrected chi connectivity index (χ3v) is 3.14. The second-order valence-corrected chi connectivity index (χ2v) is 4.49. The summed E-state index contributed by atoms with van der Waals surface area (Å²) in [5, 5.41) is 0. The topological polar surface area (TPSA) is 72.6 Å². The van der Waals surface area contributed by atoms with Crippen LogP contribution in [0.2, 0.25) is 0 Å². The lowest BCUT2D eigenvalue weighted by atomic mass is 10.1. The van der Waals surface area contributed by atoms with Gasteiger partial charge in [0.25, 0.3) is 0 Å². The van der Waals surface area contributed by atoms with Gasteiger partial charge in [0.05, 0.1) is 24.4 Å². The zero-order chi connectivity index (χ0) is 13.3. The van der Waals surface area contributed by atoms with Crippen molar-refractivity contribution in [3.63, 3.8) is 0 Å². The smallest absolute Gasteiger partial charge is 0.311 e. The minimum absolute atomic E-state index is 0.0947. The molecule has 2 N–H and O–H groups in total. The summed E-state index contributed by atoms with van der Waals surface area (Å²) in [6.07, 6.45) is 0.181. The van der Waals surface area contributed by atoms with Crippen LogP contribution >= 0.6 is 0 Å². The Kier molecular flexibility index (Phi) is 3.23. The van der Waals surface area contributed by atoms with E-state index >= 15 is 0 Å². The number of hydrogen-bond acceptors (Lipinski definition) is 4. The van der Waals surface area contributed by atoms with Crippen LogP contribution in [0.25, 0.3) is 0 Å². The number of benzene rings is 1. The Bertz CT molecular complexity index is 499. The van der Waals surface area contributed by atoms with Crippen molar-refractivity contribution in [3.8, 4) is 0 Å². The normalized spacial score (nSPS) is 19.1. The van der Waals surface area contributed by atoms with Crippen LogP contribution in [-0.4, -0.2) is 25.5 Å². The third-order valence-electron chi connectivity index (χ3n) is 3.14. The van der Waals surface area contributed by atoms with E-state index in [1.54, 1.807) is 11.0 Å². The molecule has 1 unspecified atom stereocenters. The number of hydrogen-bond donors (Lipinski definition) is 1. The molecule has 0 spiro atoms. The first kappa shape index (κ1) is 12.4. The Morgan fingerprint density at radius 3 is 2.89 bits per heavy atom. The molecular formula is C13H16N2O3. The van der Waals surface area contributed by atoms with E-state index in [0.29, 0.717) is 17.9 Å². The molecule has 1 amide bonds. The summed E-state index contributed by atoms with van der Waals surface area (Å²) in [5.41, 5.74) is 8.11. The van der Waals surface area contributed by atoms with Gasteiger partial charge in [-0.05, 0) is 24.6 Å². The van der Waals surface area contributed by atoms with Gasteiger partial charge in [-0.15, -0.1) is 0 Å². The van der Waals surface area contributed by atoms with Gasteiger partial charge in [-0.2, -0.15) is 0 Å². The summed E-state index contributed by atoms with van der Waals surface area (Å²) in [6.45, 7) is 2.26. The van der Waals surface area contributed by atoms with Crippen LogP contribution < -0.4 is 10.6 Å². The predicted octanol–water partition coefficient (Wildman–Crippen LogP) is 1.10. The standard InChI is InChI=1S/C13H16N2O3/c1-8-3-4-10(14)11(5-8)15-7-9(6-12(15)16)13(17)18-2/h3-5,9H,6-7,14H2,1-2H3. The summed E-state index contributed by atoms with van der Waals surface area (Å²) in [5.74, 6) is -0.845. The van der Waals surface area contributed by atoms with Crippen LogP contribution in [0.3, 0.4) is 0 Å². The summed E-state index contributed by atoms with van der Waals surface area (Å²) in [4.78, 5) is 24.9. The highest BCUT2D eigenvalue weighted by Crippen LogP contribution is 2.30. The fourth-order valence-electron chi connectivity index (χ4n) is 2.15. The van der Waals surface area contributed by atoms with Gasteiger partial charge < -0.3 is 15.4 Å². The molecule has 0 aliphatic carbocycles. The second-order valence-electron chi connectivity index (χ2n) is 4.49. The Hall–Kier alpha value is -2.04. The van der Waals surface area contributed by atoms with Gasteiger partial charge in [0.15, 0.2) is 0 Å². The molecule has 1 aromatic rings. The van der Waals surface area contributed by atoms with E-state index in [1.165, 1.54) is 7.11 Å². The molecular weight excluding hydrogens is 232 g/mol. The van der Waals surface area contributed by atoms with Crippen LogP contribution in [0, 0.1) is 12.8 Å². The van der Waals surface area contributed by atoms with Crippen molar-refractivity contribution >= 4 is 23.3 Å². The zero-order valence-electron chi connectivity index (χ0n) is 10.5. The molecule has 1 saturated heterocycles. The molecule has 0 saturated carbocycles. The summed E-state index contributed by atoms with van der Waals surface area (Å²) >= 11 is 0. The maximum Gasteiger partial charge on any atom is 0.311 e. The van der Waals surface area contributed by atoms with Crippen LogP contribution in [-0.2, 0) is 14.3 Å². The van der Waals surface area contributed by atoms with Crippen molar-refractivity contribution in [1.29, 1.82) is 0 Å². The van der Waals surface area contributed by atoms with E-state index in [1.807, 2.05) is 19.1 Å². The largest absolute Gasteiger partial charge is 0.469 e. The molecule has 1 aromatic carbocycles. The SMILES string of the molecule is COC(=O)C1CC(=O)N(c2cc(C)ccc2N)C1. The fourth-order valence-corrected chi connectivity index (χ4v) is 2.15. The van der Waals surface area contributed by atoms with Crippen molar-refractivity contribution in [2.45, 2.75) is 13.3 Å². The van der Waals surface area contributed by atoms with Gasteiger partial charge in [0, 0.05) is 13.0 Å². The highest BCUT2D eigenvalue weighted by atomic mass is 16.5. The lowest BCUT2D eigenvalue weighted by Crippen LogP contribution is -2.27. The number of amides is 1. The Morgan fingerprint density at radius 1 is 1.50 bits per heavy atom. The first-order valence-corrected chi connectivity index (χ1v) is 5.77. The molecule has 1 aliphatic heterocycles. The van der Waals surface area contributed by atoms with E-state index in [0.717, 1.165) is 5.56 Å². The molecule has 0 radical (unpaired) electrons. The molecule has 96 valence electrons. The van der Waals surface area contributed by atoms with Crippen molar-refractivity contribution in [2.75, 3.05) is 24.3 Å². The molecule has 0 aromatic heterocycles. The Balaban J connectivity index is 2.27. The molecule has 1 aliphatic rings. The van der Waals surface area contributed by atoms with Crippen molar-refractivity contribution < 1.29 is 14.3 Å². The fraction of sp³-hybridized carbons (Fsp3) is 0.385. The average molecular weight is 248 g/mol. The number of nitrogens with zero attached hydrogens (tertiary/aromatic N) is 1. The highest BCUT2D eigenvalue weighted by Gasteiger charge is 2.36. The zero-order valence-corrected chi connectivity index (χ0v) is 10.5. The quantitative estimate of drug-likeness (QED) is 0.628. The summed E-state index contributed by atoms with van der Waals surface area (Å²) < 4.78 is 4.67. The van der Waals surface area contributed by atoms with Crippen molar-refractivity contribution in [3.05, 3.63) is 23.8 Å². The van der Waals surface area contributed by atoms with Crippen LogP contribution in [0.15, 0.2) is 18.2 Å². The second kappa shape index (κ2) is 4.68. The van der Waals surface area contributed by atoms with Gasteiger partial charge in [-0.3, -0.25) is 9.59 Å². The number of rotatable bonds is 2. The number of methoxy groups -OCH3 is 1. The molecule has 18 heavy (non-hydrogen) atoms. The molecule has 5 nitrogen and oxygen atoms in total. The molecule has 2 rings (SSSR count). The average Bonchev–Trinajstić information content (AvgIpc) is 2.73. The molecule has 1 fully saturated rings. The number of nitrogens with two attached hydrogens (primary N) is 1. The first-order chi connectivity index (χ1) is 8.52. The lowest BCUT2D eigenvalue weighted by Gasteiger charge is -2.19. The third kappa shape index (κ3) is 2.16. The number of ether oxygens (including phenoxy) is 1. The number of anilines is 2. The van der Waals surface area contributed by atoms with E-state index in [-0.39, 0.29) is 18.3 Å². The monoisotopic (exact) mass is 248 g/mol. The van der Waals surface area contributed by atoms with E-state index < -0.39 is 5.92 Å². The van der Waals surface area contributed by atoms with Crippen LogP contribution in [0.5, 0.6) is 0 Å². The van der Waals surface area contributed by atoms with Gasteiger partial charge in [-0.1, -0.05) is 6.07 Å². The number of nitrogen functional groups attached to an aromatic ring is 1. The van der Waals surface area contributed by atoms with Crippen molar-refractivity contribution in [1.82, 2.24) is 0 Å². The van der Waals surface area contributed by atoms with E-state index in [4.69, 9.17) is 5.73 Å². The van der Waals surface area contributed by atoms with Gasteiger partial charge >= 0.3 is 5.97 Å². The number of aryl methyl sites for hydroxylation is 1. The molecule has 1 atom stereocenters. The predicted molar refractivity (Wildman–Crippen MR) is 68.1 cm³/mol. The van der Waals surface area contributed by atoms with E-state index in [2.05, 4.69) is 4.74 Å². The Morgan fingerprint density at radius 2 is 2.22 bits per heavy atom. The molecule has 0 bridgehead atoms. The molecule has 1 heterocycles. The number of carbonyl (C=O) groups excluding carboxylic acids is 2. The highest BCUT2D eigenvalue weighted by molar-refractivity contribution is 6.01. The Labute approximate surface area is 106 Å². The van der Waals surface area contributed by atoms with Crippen LogP contribution in [0.1, 0.15) is 12.0 Å². The summed E-state index contributed by atoms with van der Waals surface area (Å²) in [6, 6.07) is 5.51. The van der Waals surface area contributed by atoms with Crippen LogP contribution in [0.4, 0.5) is 11.4 Å². The van der Waals surface area contributed by atoms with Gasteiger partial charge in [0.2, 0.25) is 5.91 Å². The van der Waals surface area contributed by atoms with Gasteiger partial charge in [0.1, 0.15) is 0 Å². The minimum Gasteiger partial charge on any atom is -0.469 e. The minimum atomic E-state index is -0.401. The maximum absolute atomic E-state index is 11.9. The maximum atomic E-state index is 11.9. The van der Waals surface area contributed by atoms with E-state index in [9.17, 15) is 9.59 Å². The lowest BCUT2D eigenvalue weighted by molar-refractivity contribution is -0.145. The summed E-state index contributed by atoms with van der Waals surface area (Å²) in [7, 11) is 1.33. The number of carbonyl (C=O) groups is 2. The molecule has 5 heteroatoms.